The highest BCUT2D eigenvalue weighted by Gasteiger charge is 2.18. The maximum atomic E-state index is 12.1. The molecule has 0 saturated carbocycles. The van der Waals surface area contributed by atoms with Crippen molar-refractivity contribution in [2.45, 2.75) is 13.0 Å². The highest BCUT2D eigenvalue weighted by atomic mass is 16.6. The molecule has 2 amide bonds. The van der Waals surface area contributed by atoms with Gasteiger partial charge in [0.1, 0.15) is 6.04 Å². The lowest BCUT2D eigenvalue weighted by Gasteiger charge is -2.13. The lowest BCUT2D eigenvalue weighted by molar-refractivity contribution is -0.384. The van der Waals surface area contributed by atoms with Crippen molar-refractivity contribution in [3.05, 3.63) is 52.3 Å². The Morgan fingerprint density at radius 2 is 2.13 bits per heavy atom. The molecule has 2 rings (SSSR count). The Labute approximate surface area is 131 Å². The number of rotatable bonds is 5. The summed E-state index contributed by atoms with van der Waals surface area (Å²) < 4.78 is 1.53. The highest BCUT2D eigenvalue weighted by molar-refractivity contribution is 6.01. The number of hydrogen-bond acceptors (Lipinski definition) is 5. The fourth-order valence-corrected chi connectivity index (χ4v) is 1.84. The van der Waals surface area contributed by atoms with Crippen LogP contribution < -0.4 is 10.6 Å². The Bertz CT molecular complexity index is 755. The van der Waals surface area contributed by atoms with Crippen molar-refractivity contribution < 1.29 is 14.5 Å². The van der Waals surface area contributed by atoms with E-state index >= 15 is 0 Å². The van der Waals surface area contributed by atoms with Crippen LogP contribution in [0.4, 0.5) is 11.4 Å². The number of hydrogen-bond donors (Lipinski definition) is 2. The van der Waals surface area contributed by atoms with Crippen molar-refractivity contribution in [2.75, 3.05) is 5.32 Å². The highest BCUT2D eigenvalue weighted by Crippen LogP contribution is 2.13. The first kappa shape index (κ1) is 16.1. The number of nitro benzene ring substituents is 1. The topological polar surface area (TPSA) is 119 Å². The molecule has 1 aromatic heterocycles. The molecule has 0 aliphatic heterocycles. The van der Waals surface area contributed by atoms with Gasteiger partial charge in [0.05, 0.1) is 16.8 Å². The number of anilines is 1. The van der Waals surface area contributed by atoms with Crippen LogP contribution in [0, 0.1) is 10.1 Å². The van der Waals surface area contributed by atoms with Gasteiger partial charge < -0.3 is 10.6 Å². The maximum Gasteiger partial charge on any atom is 0.270 e. The third-order valence-corrected chi connectivity index (χ3v) is 3.03. The Morgan fingerprint density at radius 1 is 1.39 bits per heavy atom. The lowest BCUT2D eigenvalue weighted by Crippen LogP contribution is -2.41. The van der Waals surface area contributed by atoms with Crippen molar-refractivity contribution in [3.63, 3.8) is 0 Å². The quantitative estimate of drug-likeness (QED) is 0.632. The first-order valence-electron chi connectivity index (χ1n) is 6.71. The van der Waals surface area contributed by atoms with Crippen LogP contribution in [0.5, 0.6) is 0 Å². The zero-order chi connectivity index (χ0) is 17.0. The molecule has 1 aromatic carbocycles. The van der Waals surface area contributed by atoms with E-state index in [-0.39, 0.29) is 11.3 Å². The number of non-ortho nitro benzene ring substituents is 1. The minimum Gasteiger partial charge on any atom is -0.341 e. The number of nitro groups is 1. The van der Waals surface area contributed by atoms with Crippen molar-refractivity contribution in [1.82, 2.24) is 15.1 Å². The predicted molar refractivity (Wildman–Crippen MR) is 81.9 cm³/mol. The first-order valence-corrected chi connectivity index (χ1v) is 6.71. The summed E-state index contributed by atoms with van der Waals surface area (Å²) in [6, 6.07) is 4.47. The van der Waals surface area contributed by atoms with Gasteiger partial charge in [0, 0.05) is 30.9 Å². The van der Waals surface area contributed by atoms with Gasteiger partial charge in [-0.3, -0.25) is 24.4 Å². The summed E-state index contributed by atoms with van der Waals surface area (Å²) in [5.41, 5.74) is 0.430. The number of amides is 2. The van der Waals surface area contributed by atoms with E-state index < -0.39 is 22.8 Å². The minimum atomic E-state index is -0.818. The van der Waals surface area contributed by atoms with Gasteiger partial charge >= 0.3 is 0 Å². The van der Waals surface area contributed by atoms with Crippen LogP contribution in [-0.4, -0.2) is 32.6 Å². The number of nitrogens with zero attached hydrogens (tertiary/aromatic N) is 3. The second kappa shape index (κ2) is 6.69. The number of carbonyl (C=O) groups excluding carboxylic acids is 2. The molecule has 0 bridgehead atoms. The van der Waals surface area contributed by atoms with E-state index in [0.717, 1.165) is 6.07 Å². The molecule has 0 unspecified atom stereocenters. The largest absolute Gasteiger partial charge is 0.341 e. The Kier molecular flexibility index (Phi) is 4.69. The third-order valence-electron chi connectivity index (χ3n) is 3.03. The van der Waals surface area contributed by atoms with Gasteiger partial charge in [-0.2, -0.15) is 5.10 Å². The SMILES string of the molecule is C[C@H](NC(=O)c1cccc([N+](=O)[O-])c1)C(=O)Nc1cnn(C)c1. The number of aryl methyl sites for hydroxylation is 1. The Balaban J connectivity index is 2.00. The molecule has 0 spiro atoms. The van der Waals surface area contributed by atoms with Crippen molar-refractivity contribution in [1.29, 1.82) is 0 Å². The molecule has 120 valence electrons. The molecule has 0 aliphatic carbocycles. The molecule has 0 aliphatic rings. The smallest absolute Gasteiger partial charge is 0.270 e. The van der Waals surface area contributed by atoms with Crippen LogP contribution in [0.15, 0.2) is 36.7 Å². The zero-order valence-corrected chi connectivity index (χ0v) is 12.5. The van der Waals surface area contributed by atoms with Crippen molar-refractivity contribution in [3.8, 4) is 0 Å². The van der Waals surface area contributed by atoms with E-state index in [1.807, 2.05) is 0 Å². The number of aromatic nitrogens is 2. The number of benzene rings is 1. The molecule has 1 heterocycles. The summed E-state index contributed by atoms with van der Waals surface area (Å²) in [6.07, 6.45) is 3.10. The zero-order valence-electron chi connectivity index (χ0n) is 12.5. The molecule has 0 saturated heterocycles. The molecule has 2 N–H and O–H groups in total. The standard InChI is InChI=1S/C14H15N5O4/c1-9(13(20)17-11-7-15-18(2)8-11)16-14(21)10-4-3-5-12(6-10)19(22)23/h3-9H,1-2H3,(H,16,21)(H,17,20)/t9-/m0/s1. The Hall–Kier alpha value is -3.23. The maximum absolute atomic E-state index is 12.1. The predicted octanol–water partition coefficient (Wildman–Crippen LogP) is 1.09. The van der Waals surface area contributed by atoms with Gasteiger partial charge in [-0.1, -0.05) is 6.07 Å². The van der Waals surface area contributed by atoms with E-state index in [2.05, 4.69) is 15.7 Å². The summed E-state index contributed by atoms with van der Waals surface area (Å²) in [5.74, 6) is -0.987. The van der Waals surface area contributed by atoms with E-state index in [9.17, 15) is 19.7 Å². The van der Waals surface area contributed by atoms with Crippen LogP contribution in [0.3, 0.4) is 0 Å². The molecule has 2 aromatic rings. The average molecular weight is 317 g/mol. The Morgan fingerprint density at radius 3 is 2.74 bits per heavy atom. The molecular formula is C14H15N5O4. The van der Waals surface area contributed by atoms with Crippen molar-refractivity contribution in [2.24, 2.45) is 7.05 Å². The third kappa shape index (κ3) is 4.13. The van der Waals surface area contributed by atoms with E-state index in [1.165, 1.54) is 36.0 Å². The second-order valence-electron chi connectivity index (χ2n) is 4.89. The van der Waals surface area contributed by atoms with Crippen LogP contribution in [0.25, 0.3) is 0 Å². The number of nitrogens with one attached hydrogen (secondary N) is 2. The van der Waals surface area contributed by atoms with Crippen LogP contribution in [0.2, 0.25) is 0 Å². The van der Waals surface area contributed by atoms with Crippen LogP contribution in [0.1, 0.15) is 17.3 Å². The van der Waals surface area contributed by atoms with E-state index in [0.29, 0.717) is 5.69 Å². The monoisotopic (exact) mass is 317 g/mol. The van der Waals surface area contributed by atoms with Crippen LogP contribution in [-0.2, 0) is 11.8 Å². The normalized spacial score (nSPS) is 11.6. The number of carbonyl (C=O) groups is 2. The van der Waals surface area contributed by atoms with Gasteiger partial charge in [-0.25, -0.2) is 0 Å². The van der Waals surface area contributed by atoms with Gasteiger partial charge in [0.2, 0.25) is 5.91 Å². The van der Waals surface area contributed by atoms with E-state index in [1.54, 1.807) is 13.2 Å². The molecule has 23 heavy (non-hydrogen) atoms. The summed E-state index contributed by atoms with van der Waals surface area (Å²) in [6.45, 7) is 1.51. The first-order chi connectivity index (χ1) is 10.9. The van der Waals surface area contributed by atoms with Gasteiger partial charge in [-0.15, -0.1) is 0 Å². The summed E-state index contributed by atoms with van der Waals surface area (Å²) in [4.78, 5) is 34.2. The minimum absolute atomic E-state index is 0.111. The molecule has 9 nitrogen and oxygen atoms in total. The summed E-state index contributed by atoms with van der Waals surface area (Å²) >= 11 is 0. The fourth-order valence-electron chi connectivity index (χ4n) is 1.84. The van der Waals surface area contributed by atoms with Gasteiger partial charge in [0.15, 0.2) is 0 Å². The second-order valence-corrected chi connectivity index (χ2v) is 4.89. The average Bonchev–Trinajstić information content (AvgIpc) is 2.92. The van der Waals surface area contributed by atoms with Crippen molar-refractivity contribution >= 4 is 23.2 Å². The molecule has 1 atom stereocenters. The van der Waals surface area contributed by atoms with Gasteiger partial charge in [-0.05, 0) is 13.0 Å². The molecule has 9 heteroatoms. The molecule has 0 fully saturated rings. The summed E-state index contributed by atoms with van der Waals surface area (Å²) in [7, 11) is 1.71. The van der Waals surface area contributed by atoms with E-state index in [4.69, 9.17) is 0 Å². The van der Waals surface area contributed by atoms with Gasteiger partial charge in [0.25, 0.3) is 11.6 Å². The summed E-state index contributed by atoms with van der Waals surface area (Å²) in [5, 5.41) is 19.7. The molecular weight excluding hydrogens is 302 g/mol. The van der Waals surface area contributed by atoms with Crippen LogP contribution >= 0.6 is 0 Å². The lowest BCUT2D eigenvalue weighted by atomic mass is 10.1. The molecule has 0 radical (unpaired) electrons. The fraction of sp³-hybridized carbons (Fsp3) is 0.214.